The molecule has 3 aromatic rings. The van der Waals surface area contributed by atoms with E-state index in [2.05, 4.69) is 22.6 Å². The first-order valence-electron chi connectivity index (χ1n) is 9.68. The highest BCUT2D eigenvalue weighted by Crippen LogP contribution is 2.33. The van der Waals surface area contributed by atoms with Crippen LogP contribution in [0.5, 0.6) is 0 Å². The Kier molecular flexibility index (Phi) is 5.43. The molecule has 2 heterocycles. The summed E-state index contributed by atoms with van der Waals surface area (Å²) in [5.41, 5.74) is 9.63. The third kappa shape index (κ3) is 4.07. The number of halogens is 2. The Hall–Kier alpha value is -2.63. The van der Waals surface area contributed by atoms with E-state index in [1.807, 2.05) is 12.3 Å². The van der Waals surface area contributed by atoms with E-state index in [1.54, 1.807) is 6.07 Å². The summed E-state index contributed by atoms with van der Waals surface area (Å²) in [6.45, 7) is 3.97. The molecule has 1 fully saturated rings. The highest BCUT2D eigenvalue weighted by atomic mass is 35.5. The number of aromatic nitrogens is 2. The van der Waals surface area contributed by atoms with Crippen LogP contribution in [-0.2, 0) is 0 Å². The smallest absolute Gasteiger partial charge is 0.132 e. The number of rotatable bonds is 4. The van der Waals surface area contributed by atoms with Gasteiger partial charge in [-0.1, -0.05) is 18.2 Å². The van der Waals surface area contributed by atoms with Crippen LogP contribution in [0.2, 0.25) is 5.02 Å². The van der Waals surface area contributed by atoms with Crippen LogP contribution in [0.1, 0.15) is 48.4 Å². The quantitative estimate of drug-likeness (QED) is 0.560. The number of fused-ring (bicyclic) bond motifs is 1. The number of hydrogen-bond acceptors (Lipinski definition) is 4. The molecule has 0 spiro atoms. The van der Waals surface area contributed by atoms with Crippen LogP contribution in [0.4, 0.5) is 4.39 Å². The Morgan fingerprint density at radius 3 is 2.62 bits per heavy atom. The van der Waals surface area contributed by atoms with Crippen molar-refractivity contribution in [3.05, 3.63) is 76.8 Å². The van der Waals surface area contributed by atoms with Crippen molar-refractivity contribution in [2.45, 2.75) is 37.6 Å². The van der Waals surface area contributed by atoms with Gasteiger partial charge in [-0.15, -0.1) is 0 Å². The van der Waals surface area contributed by atoms with Crippen molar-refractivity contribution in [2.24, 2.45) is 5.73 Å². The number of allylic oxidation sites excluding steroid dienone is 1. The second-order valence-electron chi connectivity index (χ2n) is 7.59. The van der Waals surface area contributed by atoms with E-state index < -0.39 is 5.82 Å². The third-order valence-electron chi connectivity index (χ3n) is 5.61. The molecule has 2 aromatic heterocycles. The van der Waals surface area contributed by atoms with Crippen LogP contribution in [0.25, 0.3) is 16.6 Å². The number of nitrogens with one attached hydrogen (secondary N) is 1. The first-order valence-corrected chi connectivity index (χ1v) is 10.1. The van der Waals surface area contributed by atoms with E-state index in [0.717, 1.165) is 42.3 Å². The van der Waals surface area contributed by atoms with Crippen molar-refractivity contribution >= 4 is 33.9 Å². The molecule has 0 bridgehead atoms. The second kappa shape index (κ2) is 8.01. The molecule has 29 heavy (non-hydrogen) atoms. The van der Waals surface area contributed by atoms with Crippen molar-refractivity contribution in [2.75, 3.05) is 0 Å². The van der Waals surface area contributed by atoms with E-state index in [-0.39, 0.29) is 11.3 Å². The van der Waals surface area contributed by atoms with Crippen LogP contribution < -0.4 is 5.73 Å². The molecular weight excluding hydrogens is 387 g/mol. The Bertz CT molecular complexity index is 1100. The first kappa shape index (κ1) is 19.7. The molecule has 0 radical (unpaired) electrons. The monoisotopic (exact) mass is 408 g/mol. The molecule has 6 heteroatoms. The predicted octanol–water partition coefficient (Wildman–Crippen LogP) is 5.49. The Balaban J connectivity index is 1.64. The van der Waals surface area contributed by atoms with Gasteiger partial charge in [0.15, 0.2) is 0 Å². The van der Waals surface area contributed by atoms with Crippen LogP contribution in [0, 0.1) is 11.2 Å². The van der Waals surface area contributed by atoms with Gasteiger partial charge in [-0.25, -0.2) is 9.37 Å². The number of hydrogen-bond donors (Lipinski definition) is 2. The molecule has 0 unspecified atom stereocenters. The van der Waals surface area contributed by atoms with Crippen LogP contribution in [0.3, 0.4) is 0 Å². The van der Waals surface area contributed by atoms with E-state index in [1.165, 1.54) is 18.2 Å². The summed E-state index contributed by atoms with van der Waals surface area (Å²) in [6.07, 6.45) is 6.08. The number of nitrogens with zero attached hydrogens (tertiary/aromatic N) is 2. The third-order valence-corrected chi connectivity index (χ3v) is 5.85. The maximum Gasteiger partial charge on any atom is 0.132 e. The van der Waals surface area contributed by atoms with Gasteiger partial charge in [0.05, 0.1) is 22.4 Å². The topological polar surface area (TPSA) is 75.7 Å². The Labute approximate surface area is 174 Å². The van der Waals surface area contributed by atoms with Crippen LogP contribution in [-0.4, -0.2) is 21.7 Å². The summed E-state index contributed by atoms with van der Waals surface area (Å²) in [7, 11) is 0. The van der Waals surface area contributed by atoms with Crippen molar-refractivity contribution in [3.63, 3.8) is 0 Å². The molecule has 1 aromatic carbocycles. The molecule has 4 nitrogen and oxygen atoms in total. The van der Waals surface area contributed by atoms with Crippen molar-refractivity contribution < 1.29 is 4.39 Å². The Morgan fingerprint density at radius 1 is 1.10 bits per heavy atom. The normalized spacial score (nSPS) is 19.3. The maximum atomic E-state index is 14.2. The minimum absolute atomic E-state index is 0.0396. The molecule has 1 aliphatic carbocycles. The van der Waals surface area contributed by atoms with E-state index in [4.69, 9.17) is 22.7 Å². The summed E-state index contributed by atoms with van der Waals surface area (Å²) in [4.78, 5) is 9.21. The molecule has 3 N–H and O–H groups in total. The van der Waals surface area contributed by atoms with Crippen molar-refractivity contribution in [3.8, 4) is 0 Å². The molecule has 0 saturated heterocycles. The van der Waals surface area contributed by atoms with Gasteiger partial charge in [-0.2, -0.15) is 0 Å². The predicted molar refractivity (Wildman–Crippen MR) is 116 cm³/mol. The minimum atomic E-state index is -0.513. The minimum Gasteiger partial charge on any atom is -0.328 e. The summed E-state index contributed by atoms with van der Waals surface area (Å²) in [5.74, 6) is -0.0694. The van der Waals surface area contributed by atoms with Crippen LogP contribution in [0.15, 0.2) is 49.2 Å². The fraction of sp³-hybridized carbons (Fsp3) is 0.261. The van der Waals surface area contributed by atoms with Crippen molar-refractivity contribution in [1.82, 2.24) is 9.97 Å². The van der Waals surface area contributed by atoms with Gasteiger partial charge < -0.3 is 5.73 Å². The van der Waals surface area contributed by atoms with E-state index in [9.17, 15) is 4.39 Å². The molecule has 1 saturated carbocycles. The van der Waals surface area contributed by atoms with Gasteiger partial charge in [0.2, 0.25) is 0 Å². The van der Waals surface area contributed by atoms with Gasteiger partial charge in [-0.3, -0.25) is 10.4 Å². The van der Waals surface area contributed by atoms with Gasteiger partial charge in [0.25, 0.3) is 0 Å². The number of nitrogens with two attached hydrogens (primary N) is 1. The lowest BCUT2D eigenvalue weighted by Gasteiger charge is -2.26. The van der Waals surface area contributed by atoms with Gasteiger partial charge in [-0.05, 0) is 73.6 Å². The zero-order chi connectivity index (χ0) is 20.5. The average molecular weight is 409 g/mol. The standard InChI is InChI=1S/C23H22ClFN4/c1-13(23(27)18-11-16(24)4-7-19(18)25)20-8-9-21-22(29-20)10-15(12-28-21)14-2-5-17(26)6-3-14/h4,7-12,14,17,27H,1-3,5-6,26H2. The molecular formula is C23H22ClFN4. The molecule has 0 atom stereocenters. The lowest BCUT2D eigenvalue weighted by Crippen LogP contribution is -2.25. The highest BCUT2D eigenvalue weighted by molar-refractivity contribution is 6.33. The second-order valence-corrected chi connectivity index (χ2v) is 8.03. The molecule has 148 valence electrons. The lowest BCUT2D eigenvalue weighted by atomic mass is 9.82. The summed E-state index contributed by atoms with van der Waals surface area (Å²) in [5, 5.41) is 8.74. The molecule has 4 rings (SSSR count). The van der Waals surface area contributed by atoms with Gasteiger partial charge >= 0.3 is 0 Å². The Morgan fingerprint density at radius 2 is 1.86 bits per heavy atom. The molecule has 0 amide bonds. The van der Waals surface area contributed by atoms with Crippen LogP contribution >= 0.6 is 11.6 Å². The summed E-state index contributed by atoms with van der Waals surface area (Å²) < 4.78 is 14.2. The SMILES string of the molecule is C=C(C(=N)c1cc(Cl)ccc1F)c1ccc2ncc(C3CCC(N)CC3)cc2n1. The fourth-order valence-electron chi connectivity index (χ4n) is 3.85. The average Bonchev–Trinajstić information content (AvgIpc) is 2.74. The summed E-state index contributed by atoms with van der Waals surface area (Å²) in [6, 6.07) is 10.1. The van der Waals surface area contributed by atoms with Crippen molar-refractivity contribution in [1.29, 1.82) is 5.41 Å². The summed E-state index contributed by atoms with van der Waals surface area (Å²) >= 11 is 5.97. The fourth-order valence-corrected chi connectivity index (χ4v) is 4.02. The zero-order valence-electron chi connectivity index (χ0n) is 16.0. The number of benzene rings is 1. The van der Waals surface area contributed by atoms with Gasteiger partial charge in [0, 0.05) is 28.4 Å². The molecule has 1 aliphatic rings. The molecule has 0 aliphatic heterocycles. The first-order chi connectivity index (χ1) is 13.9. The highest BCUT2D eigenvalue weighted by Gasteiger charge is 2.21. The largest absolute Gasteiger partial charge is 0.328 e. The van der Waals surface area contributed by atoms with E-state index >= 15 is 0 Å². The zero-order valence-corrected chi connectivity index (χ0v) is 16.7. The lowest BCUT2D eigenvalue weighted by molar-refractivity contribution is 0.395. The van der Waals surface area contributed by atoms with E-state index in [0.29, 0.717) is 28.2 Å². The maximum absolute atomic E-state index is 14.2. The number of pyridine rings is 2. The van der Waals surface area contributed by atoms with Gasteiger partial charge in [0.1, 0.15) is 5.82 Å².